The van der Waals surface area contributed by atoms with Gasteiger partial charge in [0.15, 0.2) is 11.5 Å². The normalized spacial score (nSPS) is 10.8. The van der Waals surface area contributed by atoms with Crippen LogP contribution < -0.4 is 14.8 Å². The van der Waals surface area contributed by atoms with Crippen molar-refractivity contribution in [3.8, 4) is 11.5 Å². The summed E-state index contributed by atoms with van der Waals surface area (Å²) < 4.78 is 13.8. The second-order valence-electron chi connectivity index (χ2n) is 5.74. The lowest BCUT2D eigenvalue weighted by atomic mass is 10.1. The van der Waals surface area contributed by atoms with Gasteiger partial charge in [0, 0.05) is 16.6 Å². The third kappa shape index (κ3) is 4.98. The molecule has 0 saturated heterocycles. The van der Waals surface area contributed by atoms with Gasteiger partial charge in [-0.25, -0.2) is 4.68 Å². The van der Waals surface area contributed by atoms with Crippen molar-refractivity contribution in [1.82, 2.24) is 9.78 Å². The van der Waals surface area contributed by atoms with Crippen LogP contribution in [0.2, 0.25) is 0 Å². The molecule has 1 amide bonds. The van der Waals surface area contributed by atoms with E-state index in [1.54, 1.807) is 16.9 Å². The van der Waals surface area contributed by atoms with Gasteiger partial charge in [-0.05, 0) is 45.4 Å². The quantitative estimate of drug-likeness (QED) is 0.708. The minimum atomic E-state index is -0.116. The Kier molecular flexibility index (Phi) is 6.87. The van der Waals surface area contributed by atoms with Crippen LogP contribution in [0, 0.1) is 0 Å². The minimum absolute atomic E-state index is 0.116. The number of nitrogens with one attached hydrogen (secondary N) is 1. The molecule has 1 heterocycles. The van der Waals surface area contributed by atoms with Gasteiger partial charge >= 0.3 is 0 Å². The molecular formula is C18H24BrN3O3. The van der Waals surface area contributed by atoms with E-state index < -0.39 is 0 Å². The Morgan fingerprint density at radius 1 is 1.24 bits per heavy atom. The third-order valence-corrected chi connectivity index (χ3v) is 4.23. The van der Waals surface area contributed by atoms with E-state index in [-0.39, 0.29) is 18.4 Å². The molecule has 2 rings (SSSR count). The Bertz CT molecular complexity index is 728. The maximum atomic E-state index is 12.4. The van der Waals surface area contributed by atoms with Crippen molar-refractivity contribution in [2.45, 2.75) is 40.2 Å². The van der Waals surface area contributed by atoms with Crippen LogP contribution in [0.25, 0.3) is 0 Å². The molecule has 1 N–H and O–H groups in total. The summed E-state index contributed by atoms with van der Waals surface area (Å²) in [6.07, 6.45) is 1.89. The largest absolute Gasteiger partial charge is 0.490 e. The van der Waals surface area contributed by atoms with E-state index in [0.29, 0.717) is 30.5 Å². The van der Waals surface area contributed by atoms with Crippen LogP contribution in [-0.4, -0.2) is 28.9 Å². The molecule has 7 heteroatoms. The van der Waals surface area contributed by atoms with Crippen molar-refractivity contribution in [2.24, 2.45) is 0 Å². The monoisotopic (exact) mass is 409 g/mol. The number of benzene rings is 1. The second kappa shape index (κ2) is 8.89. The fourth-order valence-electron chi connectivity index (χ4n) is 2.43. The number of rotatable bonds is 8. The van der Waals surface area contributed by atoms with Crippen molar-refractivity contribution in [3.63, 3.8) is 0 Å². The fourth-order valence-corrected chi connectivity index (χ4v) is 2.90. The molecule has 0 aliphatic rings. The highest BCUT2D eigenvalue weighted by Crippen LogP contribution is 2.34. The van der Waals surface area contributed by atoms with Crippen LogP contribution in [0.5, 0.6) is 11.5 Å². The summed E-state index contributed by atoms with van der Waals surface area (Å²) in [7, 11) is 0. The Hall–Kier alpha value is -2.02. The average Bonchev–Trinajstić information content (AvgIpc) is 3.00. The van der Waals surface area contributed by atoms with Gasteiger partial charge in [0.1, 0.15) is 5.82 Å². The topological polar surface area (TPSA) is 65.4 Å². The van der Waals surface area contributed by atoms with Gasteiger partial charge in [-0.1, -0.05) is 15.9 Å². The number of aromatic nitrogens is 2. The summed E-state index contributed by atoms with van der Waals surface area (Å²) in [5.74, 6) is 1.88. The Balaban J connectivity index is 2.17. The maximum absolute atomic E-state index is 12.4. The molecule has 0 spiro atoms. The van der Waals surface area contributed by atoms with Crippen molar-refractivity contribution in [1.29, 1.82) is 0 Å². The van der Waals surface area contributed by atoms with Crippen molar-refractivity contribution in [3.05, 3.63) is 34.4 Å². The highest BCUT2D eigenvalue weighted by molar-refractivity contribution is 9.10. The number of carbonyl (C=O) groups excluding carboxylic acids is 1. The smallest absolute Gasteiger partial charge is 0.229 e. The van der Waals surface area contributed by atoms with Gasteiger partial charge < -0.3 is 14.8 Å². The van der Waals surface area contributed by atoms with Gasteiger partial charge in [0.25, 0.3) is 0 Å². The fraction of sp³-hybridized carbons (Fsp3) is 0.444. The second-order valence-corrected chi connectivity index (χ2v) is 6.59. The molecule has 0 atom stereocenters. The number of hydrogen-bond acceptors (Lipinski definition) is 4. The van der Waals surface area contributed by atoms with Crippen molar-refractivity contribution in [2.75, 3.05) is 18.5 Å². The molecule has 2 aromatic rings. The van der Waals surface area contributed by atoms with Crippen molar-refractivity contribution < 1.29 is 14.3 Å². The molecular weight excluding hydrogens is 386 g/mol. The first-order valence-corrected chi connectivity index (χ1v) is 9.16. The van der Waals surface area contributed by atoms with E-state index in [0.717, 1.165) is 10.0 Å². The SMILES string of the molecule is CCOc1cc(Br)c(CC(=O)Nc2ccnn2C(C)C)cc1OCC. The van der Waals surface area contributed by atoms with Gasteiger partial charge in [0.05, 0.1) is 25.8 Å². The van der Waals surface area contributed by atoms with Gasteiger partial charge in [0.2, 0.25) is 5.91 Å². The number of nitrogens with zero attached hydrogens (tertiary/aromatic N) is 2. The Labute approximate surface area is 156 Å². The van der Waals surface area contributed by atoms with Crippen LogP contribution in [0.4, 0.5) is 5.82 Å². The molecule has 25 heavy (non-hydrogen) atoms. The first kappa shape index (κ1) is 19.3. The summed E-state index contributed by atoms with van der Waals surface area (Å²) in [6, 6.07) is 5.65. The zero-order valence-corrected chi connectivity index (χ0v) is 16.6. The summed E-state index contributed by atoms with van der Waals surface area (Å²) in [5.41, 5.74) is 0.833. The molecule has 136 valence electrons. The molecule has 0 unspecified atom stereocenters. The number of carbonyl (C=O) groups is 1. The lowest BCUT2D eigenvalue weighted by molar-refractivity contribution is -0.115. The standard InChI is InChI=1S/C18H24BrN3O3/c1-5-24-15-9-13(14(19)11-16(15)25-6-2)10-18(23)21-17-7-8-20-22(17)12(3)4/h7-9,11-12H,5-6,10H2,1-4H3,(H,21,23). The lowest BCUT2D eigenvalue weighted by Crippen LogP contribution is -2.18. The van der Waals surface area contributed by atoms with Gasteiger partial charge in [-0.15, -0.1) is 0 Å². The summed E-state index contributed by atoms with van der Waals surface area (Å²) >= 11 is 3.51. The Morgan fingerprint density at radius 2 is 1.88 bits per heavy atom. The van der Waals surface area contributed by atoms with E-state index in [2.05, 4.69) is 26.3 Å². The van der Waals surface area contributed by atoms with Crippen LogP contribution >= 0.6 is 15.9 Å². The molecule has 1 aromatic carbocycles. The third-order valence-electron chi connectivity index (χ3n) is 3.49. The predicted octanol–water partition coefficient (Wildman–Crippen LogP) is 4.21. The molecule has 0 fully saturated rings. The molecule has 0 aliphatic carbocycles. The van der Waals surface area contributed by atoms with Crippen LogP contribution in [0.1, 0.15) is 39.3 Å². The summed E-state index contributed by atoms with van der Waals surface area (Å²) in [4.78, 5) is 12.4. The molecule has 6 nitrogen and oxygen atoms in total. The van der Waals surface area contributed by atoms with Crippen molar-refractivity contribution >= 4 is 27.7 Å². The highest BCUT2D eigenvalue weighted by atomic mass is 79.9. The first-order chi connectivity index (χ1) is 12.0. The zero-order chi connectivity index (χ0) is 18.4. The van der Waals surface area contributed by atoms with Crippen LogP contribution in [0.3, 0.4) is 0 Å². The number of ether oxygens (including phenoxy) is 2. The van der Waals surface area contributed by atoms with Gasteiger partial charge in [-0.2, -0.15) is 5.10 Å². The number of halogens is 1. The molecule has 0 radical (unpaired) electrons. The Morgan fingerprint density at radius 3 is 2.48 bits per heavy atom. The summed E-state index contributed by atoms with van der Waals surface area (Å²) in [6.45, 7) is 8.94. The van der Waals surface area contributed by atoms with Crippen LogP contribution in [0.15, 0.2) is 28.9 Å². The maximum Gasteiger partial charge on any atom is 0.229 e. The number of amides is 1. The first-order valence-electron chi connectivity index (χ1n) is 8.37. The van der Waals surface area contributed by atoms with E-state index in [1.807, 2.05) is 39.8 Å². The minimum Gasteiger partial charge on any atom is -0.490 e. The van der Waals surface area contributed by atoms with E-state index >= 15 is 0 Å². The molecule has 1 aromatic heterocycles. The summed E-state index contributed by atoms with van der Waals surface area (Å²) in [5, 5.41) is 7.13. The highest BCUT2D eigenvalue weighted by Gasteiger charge is 2.15. The zero-order valence-electron chi connectivity index (χ0n) is 15.0. The predicted molar refractivity (Wildman–Crippen MR) is 101 cm³/mol. The van der Waals surface area contributed by atoms with Gasteiger partial charge in [-0.3, -0.25) is 4.79 Å². The van der Waals surface area contributed by atoms with E-state index in [4.69, 9.17) is 9.47 Å². The molecule has 0 bridgehead atoms. The number of hydrogen-bond donors (Lipinski definition) is 1. The van der Waals surface area contributed by atoms with E-state index in [1.165, 1.54) is 0 Å². The molecule has 0 saturated carbocycles. The average molecular weight is 410 g/mol. The number of anilines is 1. The lowest BCUT2D eigenvalue weighted by Gasteiger charge is -2.15. The van der Waals surface area contributed by atoms with Crippen LogP contribution in [-0.2, 0) is 11.2 Å². The van der Waals surface area contributed by atoms with E-state index in [9.17, 15) is 4.79 Å². The molecule has 0 aliphatic heterocycles.